The fraction of sp³-hybridized carbons (Fsp3) is 0.188. The van der Waals surface area contributed by atoms with Gasteiger partial charge < -0.3 is 19.3 Å². The average Bonchev–Trinajstić information content (AvgIpc) is 2.54. The average molecular weight is 323 g/mol. The Kier molecular flexibility index (Phi) is 5.49. The van der Waals surface area contributed by atoms with Crippen molar-refractivity contribution in [3.63, 3.8) is 0 Å². The van der Waals surface area contributed by atoms with Gasteiger partial charge in [-0.2, -0.15) is 0 Å². The van der Waals surface area contributed by atoms with Crippen LogP contribution in [0.15, 0.2) is 42.5 Å². The molecule has 2 aromatic carbocycles. The van der Waals surface area contributed by atoms with Crippen LogP contribution in [-0.4, -0.2) is 31.4 Å². The van der Waals surface area contributed by atoms with Gasteiger partial charge >= 0.3 is 5.97 Å². The third kappa shape index (κ3) is 4.30. The summed E-state index contributed by atoms with van der Waals surface area (Å²) >= 11 is 5.77. The normalized spacial score (nSPS) is 10.1. The molecule has 0 saturated heterocycles. The van der Waals surface area contributed by atoms with Gasteiger partial charge in [-0.1, -0.05) is 11.6 Å². The number of carbonyl (C=O) groups excluding carboxylic acids is 1. The van der Waals surface area contributed by atoms with E-state index in [1.54, 1.807) is 31.4 Å². The van der Waals surface area contributed by atoms with Crippen LogP contribution in [0.5, 0.6) is 17.2 Å². The zero-order valence-corrected chi connectivity index (χ0v) is 12.7. The SMILES string of the molecule is COc1ccc(OCCOC(=O)c2cc(Cl)ccc2O)cc1. The lowest BCUT2D eigenvalue weighted by Crippen LogP contribution is -2.12. The van der Waals surface area contributed by atoms with Gasteiger partial charge in [0.15, 0.2) is 0 Å². The molecule has 5 nitrogen and oxygen atoms in total. The molecule has 0 unspecified atom stereocenters. The lowest BCUT2D eigenvalue weighted by atomic mass is 10.2. The van der Waals surface area contributed by atoms with Crippen molar-refractivity contribution in [1.82, 2.24) is 0 Å². The number of benzene rings is 2. The molecule has 0 heterocycles. The van der Waals surface area contributed by atoms with Gasteiger partial charge in [0.05, 0.1) is 7.11 Å². The summed E-state index contributed by atoms with van der Waals surface area (Å²) in [7, 11) is 1.58. The molecule has 0 aliphatic rings. The predicted octanol–water partition coefficient (Wildman–Crippen LogP) is 3.29. The molecular weight excluding hydrogens is 308 g/mol. The number of phenols is 1. The summed E-state index contributed by atoms with van der Waals surface area (Å²) in [6, 6.07) is 11.2. The lowest BCUT2D eigenvalue weighted by molar-refractivity contribution is 0.0447. The van der Waals surface area contributed by atoms with Crippen LogP contribution in [0.25, 0.3) is 0 Å². The number of rotatable bonds is 6. The molecule has 0 saturated carbocycles. The van der Waals surface area contributed by atoms with Crippen molar-refractivity contribution < 1.29 is 24.1 Å². The van der Waals surface area contributed by atoms with Crippen LogP contribution in [0, 0.1) is 0 Å². The highest BCUT2D eigenvalue weighted by Gasteiger charge is 2.13. The molecule has 2 aromatic rings. The number of hydrogen-bond acceptors (Lipinski definition) is 5. The number of aromatic hydroxyl groups is 1. The summed E-state index contributed by atoms with van der Waals surface area (Å²) in [5.74, 6) is 0.543. The molecule has 22 heavy (non-hydrogen) atoms. The summed E-state index contributed by atoms with van der Waals surface area (Å²) in [5, 5.41) is 9.93. The molecule has 0 atom stereocenters. The van der Waals surface area contributed by atoms with Gasteiger partial charge in [0.1, 0.15) is 36.0 Å². The van der Waals surface area contributed by atoms with E-state index in [1.165, 1.54) is 18.2 Å². The summed E-state index contributed by atoms with van der Waals surface area (Å²) in [4.78, 5) is 11.8. The second-order valence-corrected chi connectivity index (χ2v) is 4.76. The third-order valence-electron chi connectivity index (χ3n) is 2.82. The molecule has 0 bridgehead atoms. The number of hydrogen-bond donors (Lipinski definition) is 1. The molecule has 116 valence electrons. The number of ether oxygens (including phenoxy) is 3. The predicted molar refractivity (Wildman–Crippen MR) is 81.9 cm³/mol. The number of phenolic OH excluding ortho intramolecular Hbond substituents is 1. The Balaban J connectivity index is 1.80. The van der Waals surface area contributed by atoms with Gasteiger partial charge in [-0.25, -0.2) is 4.79 Å². The van der Waals surface area contributed by atoms with E-state index in [1.807, 2.05) is 0 Å². The van der Waals surface area contributed by atoms with E-state index in [2.05, 4.69) is 0 Å². The Morgan fingerprint density at radius 1 is 1.09 bits per heavy atom. The lowest BCUT2D eigenvalue weighted by Gasteiger charge is -2.09. The Labute approximate surface area is 133 Å². The first kappa shape index (κ1) is 16.0. The maximum Gasteiger partial charge on any atom is 0.342 e. The van der Waals surface area contributed by atoms with Crippen molar-refractivity contribution in [2.75, 3.05) is 20.3 Å². The Hall–Kier alpha value is -2.40. The van der Waals surface area contributed by atoms with Gasteiger partial charge in [0, 0.05) is 5.02 Å². The molecule has 0 spiro atoms. The van der Waals surface area contributed by atoms with E-state index in [0.717, 1.165) is 5.75 Å². The number of carbonyl (C=O) groups is 1. The molecule has 0 fully saturated rings. The quantitative estimate of drug-likeness (QED) is 0.653. The van der Waals surface area contributed by atoms with Crippen molar-refractivity contribution in [2.45, 2.75) is 0 Å². The van der Waals surface area contributed by atoms with E-state index < -0.39 is 5.97 Å². The van der Waals surface area contributed by atoms with Crippen LogP contribution in [0.1, 0.15) is 10.4 Å². The van der Waals surface area contributed by atoms with Crippen LogP contribution in [0.3, 0.4) is 0 Å². The fourth-order valence-corrected chi connectivity index (χ4v) is 1.89. The molecule has 0 aliphatic heterocycles. The third-order valence-corrected chi connectivity index (χ3v) is 3.06. The number of halogens is 1. The largest absolute Gasteiger partial charge is 0.507 e. The van der Waals surface area contributed by atoms with Crippen LogP contribution in [0.4, 0.5) is 0 Å². The minimum absolute atomic E-state index is 0.0250. The van der Waals surface area contributed by atoms with Gasteiger partial charge in [0.2, 0.25) is 0 Å². The van der Waals surface area contributed by atoms with E-state index in [9.17, 15) is 9.90 Å². The van der Waals surface area contributed by atoms with Crippen molar-refractivity contribution in [1.29, 1.82) is 0 Å². The zero-order chi connectivity index (χ0) is 15.9. The molecule has 0 aliphatic carbocycles. The van der Waals surface area contributed by atoms with E-state index >= 15 is 0 Å². The first-order valence-corrected chi connectivity index (χ1v) is 6.90. The zero-order valence-electron chi connectivity index (χ0n) is 11.9. The van der Waals surface area contributed by atoms with Crippen molar-refractivity contribution in [2.24, 2.45) is 0 Å². The van der Waals surface area contributed by atoms with Crippen LogP contribution in [0.2, 0.25) is 5.02 Å². The molecule has 1 N–H and O–H groups in total. The van der Waals surface area contributed by atoms with Gasteiger partial charge in [0.25, 0.3) is 0 Å². The maximum atomic E-state index is 11.8. The minimum atomic E-state index is -0.654. The van der Waals surface area contributed by atoms with Crippen molar-refractivity contribution >= 4 is 17.6 Å². The standard InChI is InChI=1S/C16H15ClO5/c1-20-12-3-5-13(6-4-12)21-8-9-22-16(19)14-10-11(17)2-7-15(14)18/h2-7,10,18H,8-9H2,1H3. The first-order chi connectivity index (χ1) is 10.6. The first-order valence-electron chi connectivity index (χ1n) is 6.52. The summed E-state index contributed by atoms with van der Waals surface area (Å²) < 4.78 is 15.5. The van der Waals surface area contributed by atoms with Crippen LogP contribution >= 0.6 is 11.6 Å². The topological polar surface area (TPSA) is 65.0 Å². The van der Waals surface area contributed by atoms with Crippen LogP contribution < -0.4 is 9.47 Å². The summed E-state index contributed by atoms with van der Waals surface area (Å²) in [6.45, 7) is 0.246. The molecule has 2 rings (SSSR count). The molecule has 0 aromatic heterocycles. The molecule has 0 radical (unpaired) electrons. The highest BCUT2D eigenvalue weighted by molar-refractivity contribution is 6.31. The molecule has 6 heteroatoms. The maximum absolute atomic E-state index is 11.8. The minimum Gasteiger partial charge on any atom is -0.507 e. The van der Waals surface area contributed by atoms with E-state index in [-0.39, 0.29) is 24.5 Å². The van der Waals surface area contributed by atoms with E-state index in [4.69, 9.17) is 25.8 Å². The number of methoxy groups -OCH3 is 1. The fourth-order valence-electron chi connectivity index (χ4n) is 1.72. The second-order valence-electron chi connectivity index (χ2n) is 4.32. The van der Waals surface area contributed by atoms with Crippen molar-refractivity contribution in [3.05, 3.63) is 53.1 Å². The highest BCUT2D eigenvalue weighted by atomic mass is 35.5. The molecular formula is C16H15ClO5. The summed E-state index contributed by atoms with van der Waals surface area (Å²) in [5.41, 5.74) is 0.0250. The Bertz CT molecular complexity index is 639. The second kappa shape index (κ2) is 7.56. The van der Waals surface area contributed by atoms with Gasteiger partial charge in [-0.3, -0.25) is 0 Å². The number of esters is 1. The van der Waals surface area contributed by atoms with Gasteiger partial charge in [-0.05, 0) is 42.5 Å². The van der Waals surface area contributed by atoms with E-state index in [0.29, 0.717) is 10.8 Å². The highest BCUT2D eigenvalue weighted by Crippen LogP contribution is 2.22. The monoisotopic (exact) mass is 322 g/mol. The van der Waals surface area contributed by atoms with Crippen LogP contribution in [-0.2, 0) is 4.74 Å². The Morgan fingerprint density at radius 2 is 1.77 bits per heavy atom. The smallest absolute Gasteiger partial charge is 0.342 e. The Morgan fingerprint density at radius 3 is 2.45 bits per heavy atom. The molecule has 0 amide bonds. The van der Waals surface area contributed by atoms with Crippen molar-refractivity contribution in [3.8, 4) is 17.2 Å². The van der Waals surface area contributed by atoms with Gasteiger partial charge in [-0.15, -0.1) is 0 Å². The summed E-state index contributed by atoms with van der Waals surface area (Å²) in [6.07, 6.45) is 0.